The third kappa shape index (κ3) is 2.32. The van der Waals surface area contributed by atoms with Crippen LogP contribution < -0.4 is 10.2 Å². The number of ether oxygens (including phenoxy) is 1. The predicted molar refractivity (Wildman–Crippen MR) is 52.1 cm³/mol. The van der Waals surface area contributed by atoms with E-state index in [0.29, 0.717) is 4.73 Å². The molecule has 1 aromatic carbocycles. The van der Waals surface area contributed by atoms with Crippen LogP contribution in [-0.4, -0.2) is 16.3 Å². The lowest BCUT2D eigenvalue weighted by molar-refractivity contribution is -0.274. The van der Waals surface area contributed by atoms with Crippen LogP contribution >= 0.6 is 0 Å². The van der Waals surface area contributed by atoms with Crippen molar-refractivity contribution in [3.8, 4) is 5.75 Å². The molecule has 0 bridgehead atoms. The van der Waals surface area contributed by atoms with Gasteiger partial charge in [0.1, 0.15) is 5.75 Å². The minimum absolute atomic E-state index is 0.0562. The molecular formula is C10H6F3NO3. The number of alkyl halides is 3. The van der Waals surface area contributed by atoms with Gasteiger partial charge in [0.05, 0.1) is 5.52 Å². The van der Waals surface area contributed by atoms with E-state index in [1.807, 2.05) is 0 Å². The summed E-state index contributed by atoms with van der Waals surface area (Å²) in [5.74, 6) is -0.501. The quantitative estimate of drug-likeness (QED) is 0.783. The van der Waals surface area contributed by atoms with Crippen molar-refractivity contribution < 1.29 is 23.1 Å². The maximum Gasteiger partial charge on any atom is 0.573 e. The molecule has 0 saturated heterocycles. The Labute approximate surface area is 92.4 Å². The van der Waals surface area contributed by atoms with Gasteiger partial charge in [-0.3, -0.25) is 4.79 Å². The molecule has 0 aliphatic rings. The molecule has 1 N–H and O–H groups in total. The van der Waals surface area contributed by atoms with E-state index >= 15 is 0 Å². The number of aromatic nitrogens is 1. The minimum Gasteiger partial charge on any atom is -0.428 e. The highest BCUT2D eigenvalue weighted by atomic mass is 19.4. The molecule has 4 nitrogen and oxygen atoms in total. The summed E-state index contributed by atoms with van der Waals surface area (Å²) < 4.78 is 40.1. The molecule has 0 radical (unpaired) electrons. The fourth-order valence-electron chi connectivity index (χ4n) is 1.41. The van der Waals surface area contributed by atoms with Crippen molar-refractivity contribution in [2.45, 2.75) is 6.36 Å². The Bertz CT molecular complexity index is 618. The van der Waals surface area contributed by atoms with Crippen LogP contribution in [0.2, 0.25) is 0 Å². The first-order valence-electron chi connectivity index (χ1n) is 4.47. The molecular weight excluding hydrogens is 239 g/mol. The predicted octanol–water partition coefficient (Wildman–Crippen LogP) is 2.14. The van der Waals surface area contributed by atoms with Gasteiger partial charge in [-0.25, -0.2) is 0 Å². The Hall–Kier alpha value is -2.18. The molecule has 1 heterocycles. The zero-order valence-electron chi connectivity index (χ0n) is 8.23. The third-order valence-corrected chi connectivity index (χ3v) is 2.08. The molecule has 0 fully saturated rings. The van der Waals surface area contributed by atoms with Gasteiger partial charge in [-0.15, -0.1) is 13.2 Å². The summed E-state index contributed by atoms with van der Waals surface area (Å²) in [5, 5.41) is 9.46. The molecule has 90 valence electrons. The van der Waals surface area contributed by atoms with Crippen LogP contribution in [0.3, 0.4) is 0 Å². The topological polar surface area (TPSA) is 51.5 Å². The Morgan fingerprint density at radius 3 is 2.59 bits per heavy atom. The molecule has 2 rings (SSSR count). The smallest absolute Gasteiger partial charge is 0.428 e. The number of hydrogen-bond acceptors (Lipinski definition) is 3. The molecule has 0 saturated carbocycles. The Morgan fingerprint density at radius 2 is 1.94 bits per heavy atom. The second-order valence-electron chi connectivity index (χ2n) is 3.25. The summed E-state index contributed by atoms with van der Waals surface area (Å²) in [7, 11) is 0. The summed E-state index contributed by atoms with van der Waals surface area (Å²) in [6, 6.07) is 4.21. The second kappa shape index (κ2) is 3.69. The van der Waals surface area contributed by atoms with Gasteiger partial charge in [-0.1, -0.05) is 0 Å². The summed E-state index contributed by atoms with van der Waals surface area (Å²) >= 11 is 0. The van der Waals surface area contributed by atoms with Crippen LogP contribution in [-0.2, 0) is 0 Å². The first-order chi connectivity index (χ1) is 7.87. The van der Waals surface area contributed by atoms with E-state index in [9.17, 15) is 23.2 Å². The van der Waals surface area contributed by atoms with Crippen molar-refractivity contribution in [2.75, 3.05) is 0 Å². The highest BCUT2D eigenvalue weighted by Gasteiger charge is 2.31. The van der Waals surface area contributed by atoms with Crippen molar-refractivity contribution in [1.29, 1.82) is 0 Å². The molecule has 0 aliphatic carbocycles. The van der Waals surface area contributed by atoms with Gasteiger partial charge in [0, 0.05) is 23.7 Å². The summed E-state index contributed by atoms with van der Waals surface area (Å²) in [4.78, 5) is 11.3. The standard InChI is InChI=1S/C10H6F3NO3/c11-10(12,13)17-6-1-2-7-8(5-6)14(16)4-3-9(7)15/h1-5,16H. The molecule has 0 amide bonds. The highest BCUT2D eigenvalue weighted by molar-refractivity contribution is 5.80. The summed E-state index contributed by atoms with van der Waals surface area (Å²) in [6.07, 6.45) is -3.77. The van der Waals surface area contributed by atoms with Crippen molar-refractivity contribution in [2.24, 2.45) is 0 Å². The SMILES string of the molecule is O=c1ccn(O)c2cc(OC(F)(F)F)ccc12. The Kier molecular flexibility index (Phi) is 2.45. The number of nitrogens with zero attached hydrogens (tertiary/aromatic N) is 1. The normalized spacial score (nSPS) is 11.7. The van der Waals surface area contributed by atoms with E-state index in [1.54, 1.807) is 0 Å². The maximum absolute atomic E-state index is 12.0. The third-order valence-electron chi connectivity index (χ3n) is 2.08. The largest absolute Gasteiger partial charge is 0.573 e. The van der Waals surface area contributed by atoms with Crippen LogP contribution in [0.5, 0.6) is 5.75 Å². The summed E-state index contributed by atoms with van der Waals surface area (Å²) in [5.41, 5.74) is -0.455. The van der Waals surface area contributed by atoms with Crippen molar-refractivity contribution in [3.05, 3.63) is 40.7 Å². The fourth-order valence-corrected chi connectivity index (χ4v) is 1.41. The van der Waals surface area contributed by atoms with Gasteiger partial charge in [0.15, 0.2) is 5.43 Å². The first kappa shape index (κ1) is 11.3. The lowest BCUT2D eigenvalue weighted by atomic mass is 10.2. The number of halogens is 3. The Morgan fingerprint density at radius 1 is 1.24 bits per heavy atom. The molecule has 0 spiro atoms. The van der Waals surface area contributed by atoms with Crippen LogP contribution in [0.1, 0.15) is 0 Å². The molecule has 7 heteroatoms. The average Bonchev–Trinajstić information content (AvgIpc) is 2.21. The van der Waals surface area contributed by atoms with Gasteiger partial charge in [-0.05, 0) is 12.1 Å². The summed E-state index contributed by atoms with van der Waals surface area (Å²) in [6.45, 7) is 0. The van der Waals surface area contributed by atoms with Crippen molar-refractivity contribution >= 4 is 10.9 Å². The van der Waals surface area contributed by atoms with E-state index in [1.165, 1.54) is 0 Å². The number of pyridine rings is 1. The van der Waals surface area contributed by atoms with Crippen LogP contribution in [0, 0.1) is 0 Å². The van der Waals surface area contributed by atoms with E-state index in [0.717, 1.165) is 30.5 Å². The number of fused-ring (bicyclic) bond motifs is 1. The monoisotopic (exact) mass is 245 g/mol. The molecule has 2 aromatic rings. The molecule has 0 aliphatic heterocycles. The van der Waals surface area contributed by atoms with Gasteiger partial charge in [0.25, 0.3) is 0 Å². The Balaban J connectivity index is 2.58. The van der Waals surface area contributed by atoms with E-state index in [-0.39, 0.29) is 10.9 Å². The van der Waals surface area contributed by atoms with Crippen molar-refractivity contribution in [3.63, 3.8) is 0 Å². The molecule has 0 atom stereocenters. The van der Waals surface area contributed by atoms with Crippen LogP contribution in [0.4, 0.5) is 13.2 Å². The van der Waals surface area contributed by atoms with E-state index in [4.69, 9.17) is 0 Å². The lowest BCUT2D eigenvalue weighted by Crippen LogP contribution is -2.17. The van der Waals surface area contributed by atoms with E-state index < -0.39 is 17.5 Å². The maximum atomic E-state index is 12.0. The molecule has 17 heavy (non-hydrogen) atoms. The second-order valence-corrected chi connectivity index (χ2v) is 3.25. The van der Waals surface area contributed by atoms with E-state index in [2.05, 4.69) is 4.74 Å². The highest BCUT2D eigenvalue weighted by Crippen LogP contribution is 2.24. The zero-order chi connectivity index (χ0) is 12.6. The lowest BCUT2D eigenvalue weighted by Gasteiger charge is -2.10. The molecule has 0 unspecified atom stereocenters. The van der Waals surface area contributed by atoms with Gasteiger partial charge in [-0.2, -0.15) is 4.73 Å². The number of benzene rings is 1. The fraction of sp³-hybridized carbons (Fsp3) is 0.100. The average molecular weight is 245 g/mol. The van der Waals surface area contributed by atoms with Crippen LogP contribution in [0.25, 0.3) is 10.9 Å². The number of hydrogen-bond donors (Lipinski definition) is 1. The van der Waals surface area contributed by atoms with Gasteiger partial charge < -0.3 is 9.94 Å². The number of rotatable bonds is 1. The van der Waals surface area contributed by atoms with Gasteiger partial charge >= 0.3 is 6.36 Å². The van der Waals surface area contributed by atoms with Crippen molar-refractivity contribution in [1.82, 2.24) is 4.73 Å². The first-order valence-corrected chi connectivity index (χ1v) is 4.47. The minimum atomic E-state index is -4.82. The van der Waals surface area contributed by atoms with Crippen LogP contribution in [0.15, 0.2) is 35.3 Å². The van der Waals surface area contributed by atoms with Gasteiger partial charge in [0.2, 0.25) is 0 Å². The molecule has 1 aromatic heterocycles. The zero-order valence-corrected chi connectivity index (χ0v) is 8.23.